The molecule has 0 fully saturated rings. The van der Waals surface area contributed by atoms with Gasteiger partial charge in [0.2, 0.25) is 0 Å². The van der Waals surface area contributed by atoms with Crippen LogP contribution in [0.3, 0.4) is 0 Å². The Morgan fingerprint density at radius 1 is 1.17 bits per heavy atom. The Bertz CT molecular complexity index is 565. The van der Waals surface area contributed by atoms with E-state index in [1.165, 1.54) is 31.2 Å². The molecule has 0 aliphatic rings. The predicted octanol–water partition coefficient (Wildman–Crippen LogP) is 4.39. The van der Waals surface area contributed by atoms with Crippen molar-refractivity contribution in [3.8, 4) is 0 Å². The molecule has 4 nitrogen and oxygen atoms in total. The van der Waals surface area contributed by atoms with Crippen molar-refractivity contribution >= 4 is 18.0 Å². The molecule has 0 aliphatic heterocycles. The van der Waals surface area contributed by atoms with E-state index in [0.29, 0.717) is 6.42 Å². The number of unbranched alkanes of at least 4 members (excludes halogenated alkanes) is 3. The Hall–Kier alpha value is -2.24. The van der Waals surface area contributed by atoms with E-state index >= 15 is 0 Å². The van der Waals surface area contributed by atoms with Crippen molar-refractivity contribution in [1.82, 2.24) is 0 Å². The topological polar surface area (TPSA) is 63.6 Å². The molecule has 0 saturated heterocycles. The fourth-order valence-corrected chi connectivity index (χ4v) is 2.08. The molecule has 0 atom stereocenters. The summed E-state index contributed by atoms with van der Waals surface area (Å²) in [6.45, 7) is 1.38. The summed E-state index contributed by atoms with van der Waals surface area (Å²) in [7, 11) is 0. The van der Waals surface area contributed by atoms with Gasteiger partial charge < -0.3 is 9.84 Å². The molecular formula is C18H22F2O4. The minimum Gasteiger partial charge on any atom is -0.481 e. The van der Waals surface area contributed by atoms with Crippen LogP contribution in [0.2, 0.25) is 0 Å². The van der Waals surface area contributed by atoms with E-state index in [9.17, 15) is 18.4 Å². The molecule has 1 rings (SSSR count). The Kier molecular flexibility index (Phi) is 8.09. The van der Waals surface area contributed by atoms with Crippen molar-refractivity contribution in [3.63, 3.8) is 0 Å². The Labute approximate surface area is 140 Å². The van der Waals surface area contributed by atoms with Crippen molar-refractivity contribution in [2.24, 2.45) is 0 Å². The second-order valence-electron chi connectivity index (χ2n) is 5.31. The largest absolute Gasteiger partial charge is 0.481 e. The van der Waals surface area contributed by atoms with Crippen LogP contribution in [-0.4, -0.2) is 23.7 Å². The highest BCUT2D eigenvalue weighted by atomic mass is 19.3. The third kappa shape index (κ3) is 6.48. The van der Waals surface area contributed by atoms with Gasteiger partial charge >= 0.3 is 17.9 Å². The molecular weight excluding hydrogens is 318 g/mol. The molecule has 0 heterocycles. The standard InChI is InChI=1S/C18H22F2O4/c1-2-24-17(23)18(19,20)15-12-10-14(11-13-15)8-6-4-3-5-7-9-16(21)22/h6,8,10-13H,2-5,7,9H2,1H3,(H,21,22)/b8-6+. The molecule has 24 heavy (non-hydrogen) atoms. The molecule has 6 heteroatoms. The van der Waals surface area contributed by atoms with E-state index in [4.69, 9.17) is 5.11 Å². The van der Waals surface area contributed by atoms with E-state index in [0.717, 1.165) is 24.8 Å². The van der Waals surface area contributed by atoms with Crippen LogP contribution in [0.25, 0.3) is 6.08 Å². The van der Waals surface area contributed by atoms with Crippen LogP contribution >= 0.6 is 0 Å². The highest BCUT2D eigenvalue weighted by Gasteiger charge is 2.42. The van der Waals surface area contributed by atoms with Crippen LogP contribution in [0, 0.1) is 0 Å². The van der Waals surface area contributed by atoms with Crippen LogP contribution in [0.5, 0.6) is 0 Å². The maximum absolute atomic E-state index is 13.8. The van der Waals surface area contributed by atoms with E-state index in [1.807, 2.05) is 12.2 Å². The maximum Gasteiger partial charge on any atom is 0.381 e. The Morgan fingerprint density at radius 2 is 1.83 bits per heavy atom. The van der Waals surface area contributed by atoms with Gasteiger partial charge in [-0.25, -0.2) is 4.79 Å². The first kappa shape index (κ1) is 19.8. The third-order valence-corrected chi connectivity index (χ3v) is 3.38. The zero-order valence-electron chi connectivity index (χ0n) is 13.6. The fourth-order valence-electron chi connectivity index (χ4n) is 2.08. The molecule has 1 N–H and O–H groups in total. The van der Waals surface area contributed by atoms with Gasteiger partial charge in [-0.15, -0.1) is 0 Å². The Balaban J connectivity index is 2.48. The number of carboxylic acids is 1. The minimum atomic E-state index is -3.65. The van der Waals surface area contributed by atoms with Gasteiger partial charge in [-0.05, 0) is 31.7 Å². The van der Waals surface area contributed by atoms with E-state index in [-0.39, 0.29) is 13.0 Å². The van der Waals surface area contributed by atoms with E-state index in [1.54, 1.807) is 0 Å². The zero-order chi connectivity index (χ0) is 18.0. The van der Waals surface area contributed by atoms with Crippen molar-refractivity contribution in [1.29, 1.82) is 0 Å². The molecule has 0 bridgehead atoms. The molecule has 0 amide bonds. The molecule has 1 aromatic rings. The van der Waals surface area contributed by atoms with Crippen LogP contribution in [0.15, 0.2) is 30.3 Å². The number of aliphatic carboxylic acids is 1. The zero-order valence-corrected chi connectivity index (χ0v) is 13.6. The second kappa shape index (κ2) is 9.80. The summed E-state index contributed by atoms with van der Waals surface area (Å²) >= 11 is 0. The number of hydrogen-bond acceptors (Lipinski definition) is 3. The number of hydrogen-bond donors (Lipinski definition) is 1. The lowest BCUT2D eigenvalue weighted by Crippen LogP contribution is -2.28. The van der Waals surface area contributed by atoms with Crippen molar-refractivity contribution in [2.75, 3.05) is 6.61 Å². The van der Waals surface area contributed by atoms with Crippen LogP contribution in [-0.2, 0) is 20.2 Å². The normalized spacial score (nSPS) is 11.6. The second-order valence-corrected chi connectivity index (χ2v) is 5.31. The van der Waals surface area contributed by atoms with Gasteiger partial charge in [0.15, 0.2) is 0 Å². The number of carbonyl (C=O) groups excluding carboxylic acids is 1. The van der Waals surface area contributed by atoms with Crippen molar-refractivity contribution < 1.29 is 28.2 Å². The van der Waals surface area contributed by atoms with Crippen molar-refractivity contribution in [2.45, 2.75) is 45.0 Å². The molecule has 0 unspecified atom stereocenters. The maximum atomic E-state index is 13.8. The molecule has 0 aromatic heterocycles. The summed E-state index contributed by atoms with van der Waals surface area (Å²) in [4.78, 5) is 21.6. The molecule has 132 valence electrons. The summed E-state index contributed by atoms with van der Waals surface area (Å²) < 4.78 is 32.0. The molecule has 0 radical (unpaired) electrons. The quantitative estimate of drug-likeness (QED) is 0.507. The summed E-state index contributed by atoms with van der Waals surface area (Å²) in [6.07, 6.45) is 7.06. The lowest BCUT2D eigenvalue weighted by Gasteiger charge is -2.14. The van der Waals surface area contributed by atoms with Gasteiger partial charge in [0.25, 0.3) is 0 Å². The van der Waals surface area contributed by atoms with Gasteiger partial charge in [0.05, 0.1) is 6.61 Å². The number of carbonyl (C=O) groups is 2. The summed E-state index contributed by atoms with van der Waals surface area (Å²) in [5, 5.41) is 8.51. The first-order chi connectivity index (χ1) is 11.4. The summed E-state index contributed by atoms with van der Waals surface area (Å²) in [5.41, 5.74) is 0.357. The summed E-state index contributed by atoms with van der Waals surface area (Å²) in [6, 6.07) is 5.46. The number of benzene rings is 1. The first-order valence-corrected chi connectivity index (χ1v) is 7.91. The average molecular weight is 340 g/mol. The lowest BCUT2D eigenvalue weighted by molar-refractivity contribution is -0.173. The molecule has 1 aromatic carbocycles. The number of carboxylic acid groups (broad SMARTS) is 1. The number of allylic oxidation sites excluding steroid dienone is 1. The van der Waals surface area contributed by atoms with Crippen LogP contribution in [0.1, 0.15) is 50.2 Å². The monoisotopic (exact) mass is 340 g/mol. The SMILES string of the molecule is CCOC(=O)C(F)(F)c1ccc(/C=C/CCCCCC(=O)O)cc1. The van der Waals surface area contributed by atoms with Gasteiger partial charge in [-0.1, -0.05) is 42.8 Å². The lowest BCUT2D eigenvalue weighted by atomic mass is 10.1. The number of halogens is 2. The number of ether oxygens (including phenoxy) is 1. The van der Waals surface area contributed by atoms with E-state index in [2.05, 4.69) is 4.74 Å². The fraction of sp³-hybridized carbons (Fsp3) is 0.444. The molecule has 0 aliphatic carbocycles. The van der Waals surface area contributed by atoms with Crippen LogP contribution in [0.4, 0.5) is 8.78 Å². The Morgan fingerprint density at radius 3 is 2.42 bits per heavy atom. The number of esters is 1. The molecule has 0 saturated carbocycles. The first-order valence-electron chi connectivity index (χ1n) is 7.91. The van der Waals surface area contributed by atoms with Crippen LogP contribution < -0.4 is 0 Å². The summed E-state index contributed by atoms with van der Waals surface area (Å²) in [5.74, 6) is -5.98. The predicted molar refractivity (Wildman–Crippen MR) is 86.7 cm³/mol. The third-order valence-electron chi connectivity index (χ3n) is 3.38. The highest BCUT2D eigenvalue weighted by Crippen LogP contribution is 2.29. The van der Waals surface area contributed by atoms with Gasteiger partial charge in [0, 0.05) is 12.0 Å². The minimum absolute atomic E-state index is 0.0955. The number of rotatable bonds is 10. The van der Waals surface area contributed by atoms with Gasteiger partial charge in [0.1, 0.15) is 0 Å². The molecule has 0 spiro atoms. The highest BCUT2D eigenvalue weighted by molar-refractivity contribution is 5.79. The number of alkyl halides is 2. The van der Waals surface area contributed by atoms with Gasteiger partial charge in [-0.3, -0.25) is 4.79 Å². The van der Waals surface area contributed by atoms with Gasteiger partial charge in [-0.2, -0.15) is 8.78 Å². The average Bonchev–Trinajstić information content (AvgIpc) is 2.54. The van der Waals surface area contributed by atoms with E-state index < -0.39 is 23.4 Å². The smallest absolute Gasteiger partial charge is 0.381 e. The van der Waals surface area contributed by atoms with Crippen molar-refractivity contribution in [3.05, 3.63) is 41.5 Å².